The third kappa shape index (κ3) is 4.58. The van der Waals surface area contributed by atoms with Crippen molar-refractivity contribution in [1.82, 2.24) is 15.0 Å². The van der Waals surface area contributed by atoms with Crippen LogP contribution in [0.5, 0.6) is 0 Å². The van der Waals surface area contributed by atoms with Gasteiger partial charge < -0.3 is 10.6 Å². The number of pyridine rings is 1. The lowest BCUT2D eigenvalue weighted by atomic mass is 10.1. The number of anilines is 3. The van der Waals surface area contributed by atoms with Gasteiger partial charge in [-0.1, -0.05) is 6.92 Å². The molecule has 1 aromatic carbocycles. The van der Waals surface area contributed by atoms with Crippen molar-refractivity contribution in [1.29, 1.82) is 0 Å². The van der Waals surface area contributed by atoms with E-state index >= 15 is 0 Å². The largest absolute Gasteiger partial charge is 0.501 e. The number of hydrogen-bond donors (Lipinski definition) is 1. The highest BCUT2D eigenvalue weighted by Gasteiger charge is 2.47. The third-order valence-electron chi connectivity index (χ3n) is 4.46. The topological polar surface area (TPSA) is 102 Å². The highest BCUT2D eigenvalue weighted by Crippen LogP contribution is 2.35. The predicted molar refractivity (Wildman–Crippen MR) is 106 cm³/mol. The molecular weight excluding hydrogens is 438 g/mol. The van der Waals surface area contributed by atoms with Crippen LogP contribution in [0.1, 0.15) is 18.1 Å². The third-order valence-corrected chi connectivity index (χ3v) is 5.94. The van der Waals surface area contributed by atoms with Crippen molar-refractivity contribution in [3.63, 3.8) is 0 Å². The molecule has 0 aliphatic carbocycles. The van der Waals surface area contributed by atoms with Gasteiger partial charge in [0.1, 0.15) is 11.6 Å². The molecule has 0 saturated carbocycles. The van der Waals surface area contributed by atoms with Crippen molar-refractivity contribution in [3.05, 3.63) is 65.9 Å². The lowest BCUT2D eigenvalue weighted by Gasteiger charge is -2.27. The second kappa shape index (κ2) is 8.46. The number of nitrogens with zero attached hydrogens (tertiary/aromatic N) is 4. The zero-order valence-electron chi connectivity index (χ0n) is 16.1. The van der Waals surface area contributed by atoms with E-state index in [9.17, 15) is 26.0 Å². The molecule has 0 amide bonds. The van der Waals surface area contributed by atoms with Gasteiger partial charge in [-0.05, 0) is 42.3 Å². The standard InChI is InChI=1S/C19H17F4N5O2S/c1-2-12-9-14(31(29,30)19(21,22)23)3-4-16(12)28(17-6-8-26-18(24)27-17)11-13-5-7-25-10-15(13)20/h3-10H,2,11H2,1H3,(H2,24,26,27). The van der Waals surface area contributed by atoms with E-state index < -0.39 is 26.1 Å². The molecule has 0 unspecified atom stereocenters. The van der Waals surface area contributed by atoms with Crippen LogP contribution >= 0.6 is 0 Å². The van der Waals surface area contributed by atoms with Crippen LogP contribution in [0, 0.1) is 5.82 Å². The van der Waals surface area contributed by atoms with Crippen LogP contribution in [-0.4, -0.2) is 28.9 Å². The molecule has 0 atom stereocenters. The van der Waals surface area contributed by atoms with Gasteiger partial charge in [0.05, 0.1) is 17.6 Å². The number of nitrogen functional groups attached to an aromatic ring is 1. The summed E-state index contributed by atoms with van der Waals surface area (Å²) in [7, 11) is -5.52. The number of benzene rings is 1. The Labute approximate surface area is 175 Å². The average molecular weight is 455 g/mol. The van der Waals surface area contributed by atoms with Crippen LogP contribution in [0.2, 0.25) is 0 Å². The molecule has 0 spiro atoms. The van der Waals surface area contributed by atoms with Crippen molar-refractivity contribution < 1.29 is 26.0 Å². The van der Waals surface area contributed by atoms with Crippen LogP contribution < -0.4 is 10.6 Å². The highest BCUT2D eigenvalue weighted by atomic mass is 32.2. The number of aromatic nitrogens is 3. The number of alkyl halides is 3. The lowest BCUT2D eigenvalue weighted by Crippen LogP contribution is -2.24. The van der Waals surface area contributed by atoms with Crippen LogP contribution in [0.3, 0.4) is 0 Å². The number of hydrogen-bond acceptors (Lipinski definition) is 7. The maximum Gasteiger partial charge on any atom is 0.501 e. The van der Waals surface area contributed by atoms with Gasteiger partial charge in [-0.25, -0.2) is 17.8 Å². The van der Waals surface area contributed by atoms with Crippen molar-refractivity contribution in [2.24, 2.45) is 0 Å². The maximum atomic E-state index is 14.2. The summed E-state index contributed by atoms with van der Waals surface area (Å²) in [6.07, 6.45) is 4.00. The van der Waals surface area contributed by atoms with E-state index in [4.69, 9.17) is 5.73 Å². The number of sulfone groups is 1. The summed E-state index contributed by atoms with van der Waals surface area (Å²) < 4.78 is 76.8. The molecule has 3 aromatic rings. The molecule has 0 fully saturated rings. The van der Waals surface area contributed by atoms with Crippen LogP contribution in [0.15, 0.2) is 53.8 Å². The van der Waals surface area contributed by atoms with Crippen molar-refractivity contribution in [2.75, 3.05) is 10.6 Å². The normalized spacial score (nSPS) is 12.0. The number of nitrogens with two attached hydrogens (primary N) is 1. The van der Waals surface area contributed by atoms with Gasteiger partial charge in [-0.3, -0.25) is 4.98 Å². The molecular formula is C19H17F4N5O2S. The minimum atomic E-state index is -5.52. The molecule has 0 bridgehead atoms. The summed E-state index contributed by atoms with van der Waals surface area (Å²) in [5, 5.41) is 0. The van der Waals surface area contributed by atoms with Crippen LogP contribution in [0.25, 0.3) is 0 Å². The van der Waals surface area contributed by atoms with E-state index in [1.807, 2.05) is 0 Å². The smallest absolute Gasteiger partial charge is 0.368 e. The zero-order chi connectivity index (χ0) is 22.8. The van der Waals surface area contributed by atoms with Crippen molar-refractivity contribution in [2.45, 2.75) is 30.3 Å². The first-order valence-electron chi connectivity index (χ1n) is 8.93. The quantitative estimate of drug-likeness (QED) is 0.564. The van der Waals surface area contributed by atoms with Crippen molar-refractivity contribution >= 4 is 27.3 Å². The monoisotopic (exact) mass is 455 g/mol. The van der Waals surface area contributed by atoms with Gasteiger partial charge in [0.2, 0.25) is 5.95 Å². The maximum absolute atomic E-state index is 14.2. The van der Waals surface area contributed by atoms with Gasteiger partial charge in [0.15, 0.2) is 0 Å². The Morgan fingerprint density at radius 1 is 1.10 bits per heavy atom. The molecule has 12 heteroatoms. The van der Waals surface area contributed by atoms with E-state index in [0.29, 0.717) is 5.69 Å². The van der Waals surface area contributed by atoms with E-state index in [2.05, 4.69) is 15.0 Å². The fourth-order valence-corrected chi connectivity index (χ4v) is 3.73. The highest BCUT2D eigenvalue weighted by molar-refractivity contribution is 7.92. The summed E-state index contributed by atoms with van der Waals surface area (Å²) >= 11 is 0. The van der Waals surface area contributed by atoms with Crippen LogP contribution in [-0.2, 0) is 22.8 Å². The first-order chi connectivity index (χ1) is 14.5. The van der Waals surface area contributed by atoms with Gasteiger partial charge in [-0.15, -0.1) is 0 Å². The Bertz CT molecular complexity index is 1200. The molecule has 0 saturated heterocycles. The van der Waals surface area contributed by atoms with E-state index in [0.717, 1.165) is 18.3 Å². The fraction of sp³-hybridized carbons (Fsp3) is 0.211. The summed E-state index contributed by atoms with van der Waals surface area (Å²) in [6, 6.07) is 5.99. The number of aryl methyl sites for hydroxylation is 1. The minimum absolute atomic E-state index is 0.0629. The van der Waals surface area contributed by atoms with E-state index in [1.54, 1.807) is 6.92 Å². The van der Waals surface area contributed by atoms with E-state index in [-0.39, 0.29) is 35.9 Å². The summed E-state index contributed by atoms with van der Waals surface area (Å²) in [5.41, 5.74) is 1.10. The Balaban J connectivity index is 2.16. The molecule has 0 radical (unpaired) electrons. The van der Waals surface area contributed by atoms with Gasteiger partial charge in [0, 0.05) is 23.6 Å². The van der Waals surface area contributed by atoms with Crippen molar-refractivity contribution in [3.8, 4) is 0 Å². The second-order valence-corrected chi connectivity index (χ2v) is 8.36. The Kier molecular flexibility index (Phi) is 6.11. The molecule has 0 aliphatic rings. The molecule has 3 rings (SSSR count). The molecule has 2 N–H and O–H groups in total. The minimum Gasteiger partial charge on any atom is -0.368 e. The summed E-state index contributed by atoms with van der Waals surface area (Å²) in [6.45, 7) is 1.59. The predicted octanol–water partition coefficient (Wildman–Crippen LogP) is 3.79. The molecule has 7 nitrogen and oxygen atoms in total. The Hall–Kier alpha value is -3.28. The summed E-state index contributed by atoms with van der Waals surface area (Å²) in [5.74, 6) is -0.402. The average Bonchev–Trinajstić information content (AvgIpc) is 2.72. The summed E-state index contributed by atoms with van der Waals surface area (Å²) in [4.78, 5) is 12.3. The van der Waals surface area contributed by atoms with Gasteiger partial charge in [0.25, 0.3) is 9.84 Å². The first kappa shape index (κ1) is 22.4. The SMILES string of the molecule is CCc1cc(S(=O)(=O)C(F)(F)F)ccc1N(Cc1ccncc1F)c1ccnc(N)n1. The van der Waals surface area contributed by atoms with E-state index in [1.165, 1.54) is 35.5 Å². The Morgan fingerprint density at radius 2 is 1.84 bits per heavy atom. The fourth-order valence-electron chi connectivity index (χ4n) is 2.92. The lowest BCUT2D eigenvalue weighted by molar-refractivity contribution is -0.0436. The zero-order valence-corrected chi connectivity index (χ0v) is 17.0. The second-order valence-electron chi connectivity index (χ2n) is 6.42. The van der Waals surface area contributed by atoms with Gasteiger partial charge >= 0.3 is 5.51 Å². The Morgan fingerprint density at radius 3 is 2.45 bits per heavy atom. The molecule has 2 aromatic heterocycles. The van der Waals surface area contributed by atoms with Crippen LogP contribution in [0.4, 0.5) is 35.0 Å². The number of halogens is 4. The first-order valence-corrected chi connectivity index (χ1v) is 10.4. The van der Waals surface area contributed by atoms with Gasteiger partial charge in [-0.2, -0.15) is 18.2 Å². The molecule has 164 valence electrons. The molecule has 31 heavy (non-hydrogen) atoms. The molecule has 0 aliphatic heterocycles. The number of rotatable bonds is 6. The molecule has 2 heterocycles.